The van der Waals surface area contributed by atoms with E-state index in [0.717, 1.165) is 32.4 Å². The number of carbonyl (C=O) groups excluding carboxylic acids is 1. The molecule has 2 heterocycles. The van der Waals surface area contributed by atoms with E-state index < -0.39 is 0 Å². The molecule has 5 nitrogen and oxygen atoms in total. The van der Waals surface area contributed by atoms with Gasteiger partial charge in [-0.05, 0) is 31.7 Å². The number of nitrogens with one attached hydrogen (secondary N) is 1. The fourth-order valence-corrected chi connectivity index (χ4v) is 3.22. The molecule has 1 aromatic carbocycles. The molecule has 0 radical (unpaired) electrons. The molecule has 1 aromatic heterocycles. The third-order valence-electron chi connectivity index (χ3n) is 4.16. The Bertz CT molecular complexity index is 687. The van der Waals surface area contributed by atoms with E-state index in [9.17, 15) is 4.79 Å². The first kappa shape index (κ1) is 16.7. The Labute approximate surface area is 147 Å². The maximum Gasteiger partial charge on any atom is 0.245 e. The van der Waals surface area contributed by atoms with Crippen molar-refractivity contribution < 1.29 is 4.79 Å². The molecule has 3 rings (SSSR count). The van der Waals surface area contributed by atoms with E-state index in [0.29, 0.717) is 16.8 Å². The zero-order valence-electron chi connectivity index (χ0n) is 13.7. The van der Waals surface area contributed by atoms with Crippen LogP contribution in [0.5, 0.6) is 0 Å². The zero-order chi connectivity index (χ0) is 16.9. The molecule has 126 valence electrons. The number of aromatic nitrogens is 2. The lowest BCUT2D eigenvalue weighted by atomic mass is 10.1. The topological polar surface area (TPSA) is 58.1 Å². The lowest BCUT2D eigenvalue weighted by Gasteiger charge is -2.17. The Morgan fingerprint density at radius 2 is 2.08 bits per heavy atom. The molecule has 1 aliphatic rings. The third-order valence-corrected chi connectivity index (χ3v) is 4.36. The fourth-order valence-electron chi connectivity index (χ4n) is 3.00. The van der Waals surface area contributed by atoms with Gasteiger partial charge in [-0.15, -0.1) is 0 Å². The van der Waals surface area contributed by atoms with E-state index in [1.165, 1.54) is 5.56 Å². The van der Waals surface area contributed by atoms with Crippen molar-refractivity contribution in [3.8, 4) is 0 Å². The lowest BCUT2D eigenvalue weighted by molar-refractivity contribution is -0.128. The van der Waals surface area contributed by atoms with E-state index in [2.05, 4.69) is 27.4 Å². The molecule has 1 amide bonds. The molecule has 6 heteroatoms. The van der Waals surface area contributed by atoms with Gasteiger partial charge in [0.1, 0.15) is 22.8 Å². The highest BCUT2D eigenvalue weighted by Gasteiger charge is 2.31. The fraction of sp³-hybridized carbons (Fsp3) is 0.389. The average Bonchev–Trinajstić information content (AvgIpc) is 2.88. The molecule has 0 spiro atoms. The molecular weight excluding hydrogens is 324 g/mol. The van der Waals surface area contributed by atoms with Crippen LogP contribution in [0.3, 0.4) is 0 Å². The zero-order valence-corrected chi connectivity index (χ0v) is 14.5. The van der Waals surface area contributed by atoms with Crippen LogP contribution in [-0.4, -0.2) is 39.9 Å². The predicted octanol–water partition coefficient (Wildman–Crippen LogP) is 3.08. The number of anilines is 1. The molecule has 2 aromatic rings. The van der Waals surface area contributed by atoms with Crippen molar-refractivity contribution in [2.45, 2.75) is 32.2 Å². The van der Waals surface area contributed by atoms with E-state index in [-0.39, 0.29) is 11.9 Å². The number of halogens is 1. The van der Waals surface area contributed by atoms with Gasteiger partial charge in [0.25, 0.3) is 0 Å². The van der Waals surface area contributed by atoms with Crippen molar-refractivity contribution in [1.29, 1.82) is 0 Å². The van der Waals surface area contributed by atoms with Crippen molar-refractivity contribution in [2.24, 2.45) is 0 Å². The summed E-state index contributed by atoms with van der Waals surface area (Å²) in [6, 6.07) is 11.8. The van der Waals surface area contributed by atoms with E-state index in [1.54, 1.807) is 13.0 Å². The molecule has 1 atom stereocenters. The lowest BCUT2D eigenvalue weighted by Crippen LogP contribution is -2.34. The summed E-state index contributed by atoms with van der Waals surface area (Å²) in [5.74, 6) is 1.34. The van der Waals surface area contributed by atoms with Gasteiger partial charge in [0.2, 0.25) is 5.91 Å². The number of nitrogens with zero attached hydrogens (tertiary/aromatic N) is 3. The largest absolute Gasteiger partial charge is 0.358 e. The molecular formula is C18H21ClN4O. The summed E-state index contributed by atoms with van der Waals surface area (Å²) in [5, 5.41) is 3.57. The first-order valence-electron chi connectivity index (χ1n) is 8.22. The Morgan fingerprint density at radius 1 is 1.29 bits per heavy atom. The SMILES string of the molecule is Cc1nc(Cl)cc(NC2CCN(CCCc3ccccc3)C2=O)n1. The summed E-state index contributed by atoms with van der Waals surface area (Å²) in [6.07, 6.45) is 2.75. The number of hydrogen-bond acceptors (Lipinski definition) is 4. The van der Waals surface area contributed by atoms with Gasteiger partial charge in [0, 0.05) is 19.2 Å². The quantitative estimate of drug-likeness (QED) is 0.818. The highest BCUT2D eigenvalue weighted by atomic mass is 35.5. The summed E-state index contributed by atoms with van der Waals surface area (Å²) in [7, 11) is 0. The molecule has 0 saturated carbocycles. The van der Waals surface area contributed by atoms with Crippen LogP contribution in [0.4, 0.5) is 5.82 Å². The van der Waals surface area contributed by atoms with Crippen LogP contribution >= 0.6 is 11.6 Å². The van der Waals surface area contributed by atoms with Crippen LogP contribution < -0.4 is 5.32 Å². The summed E-state index contributed by atoms with van der Waals surface area (Å²) in [4.78, 5) is 22.7. The average molecular weight is 345 g/mol. The first-order valence-corrected chi connectivity index (χ1v) is 8.60. The highest BCUT2D eigenvalue weighted by molar-refractivity contribution is 6.29. The second-order valence-electron chi connectivity index (χ2n) is 6.02. The molecule has 1 fully saturated rings. The van der Waals surface area contributed by atoms with Gasteiger partial charge in [0.15, 0.2) is 0 Å². The minimum Gasteiger partial charge on any atom is -0.358 e. The van der Waals surface area contributed by atoms with Crippen LogP contribution in [-0.2, 0) is 11.2 Å². The summed E-state index contributed by atoms with van der Waals surface area (Å²) >= 11 is 5.94. The molecule has 1 unspecified atom stereocenters. The normalized spacial score (nSPS) is 17.3. The Hall–Kier alpha value is -2.14. The number of carbonyl (C=O) groups is 1. The molecule has 1 N–H and O–H groups in total. The number of likely N-dealkylation sites (tertiary alicyclic amines) is 1. The van der Waals surface area contributed by atoms with Gasteiger partial charge >= 0.3 is 0 Å². The summed E-state index contributed by atoms with van der Waals surface area (Å²) in [5.41, 5.74) is 1.31. The van der Waals surface area contributed by atoms with Crippen molar-refractivity contribution in [3.05, 3.63) is 52.9 Å². The van der Waals surface area contributed by atoms with Crippen molar-refractivity contribution in [3.63, 3.8) is 0 Å². The third kappa shape index (κ3) is 4.23. The first-order chi connectivity index (χ1) is 11.6. The molecule has 24 heavy (non-hydrogen) atoms. The predicted molar refractivity (Wildman–Crippen MR) is 95.1 cm³/mol. The number of benzene rings is 1. The van der Waals surface area contributed by atoms with Gasteiger partial charge < -0.3 is 10.2 Å². The number of rotatable bonds is 6. The standard InChI is InChI=1S/C18H21ClN4O/c1-13-20-16(19)12-17(21-13)22-15-9-11-23(18(15)24)10-5-8-14-6-3-2-4-7-14/h2-4,6-7,12,15H,5,8-11H2,1H3,(H,20,21,22). The highest BCUT2D eigenvalue weighted by Crippen LogP contribution is 2.18. The number of hydrogen-bond donors (Lipinski definition) is 1. The van der Waals surface area contributed by atoms with Crippen LogP contribution in [0, 0.1) is 6.92 Å². The van der Waals surface area contributed by atoms with Crippen molar-refractivity contribution in [1.82, 2.24) is 14.9 Å². The molecule has 0 bridgehead atoms. The van der Waals surface area contributed by atoms with E-state index in [4.69, 9.17) is 11.6 Å². The molecule has 1 saturated heterocycles. The van der Waals surface area contributed by atoms with Crippen LogP contribution in [0.25, 0.3) is 0 Å². The summed E-state index contributed by atoms with van der Waals surface area (Å²) in [6.45, 7) is 3.35. The van der Waals surface area contributed by atoms with Gasteiger partial charge in [-0.3, -0.25) is 4.79 Å². The van der Waals surface area contributed by atoms with Crippen LogP contribution in [0.1, 0.15) is 24.2 Å². The van der Waals surface area contributed by atoms with Crippen molar-refractivity contribution in [2.75, 3.05) is 18.4 Å². The smallest absolute Gasteiger partial charge is 0.245 e. The van der Waals surface area contributed by atoms with Gasteiger partial charge in [-0.25, -0.2) is 9.97 Å². The van der Waals surface area contributed by atoms with Gasteiger partial charge in [-0.1, -0.05) is 41.9 Å². The molecule has 1 aliphatic heterocycles. The Morgan fingerprint density at radius 3 is 2.83 bits per heavy atom. The number of amides is 1. The second kappa shape index (κ2) is 7.62. The minimum atomic E-state index is -0.230. The monoisotopic (exact) mass is 344 g/mol. The van der Waals surface area contributed by atoms with Gasteiger partial charge in [0.05, 0.1) is 0 Å². The molecule has 0 aliphatic carbocycles. The maximum atomic E-state index is 12.5. The van der Waals surface area contributed by atoms with Crippen LogP contribution in [0.15, 0.2) is 36.4 Å². The Balaban J connectivity index is 1.51. The Kier molecular flexibility index (Phi) is 5.30. The second-order valence-corrected chi connectivity index (χ2v) is 6.41. The van der Waals surface area contributed by atoms with E-state index in [1.807, 2.05) is 23.1 Å². The van der Waals surface area contributed by atoms with Gasteiger partial charge in [-0.2, -0.15) is 0 Å². The minimum absolute atomic E-state index is 0.135. The maximum absolute atomic E-state index is 12.5. The van der Waals surface area contributed by atoms with Crippen molar-refractivity contribution >= 4 is 23.3 Å². The van der Waals surface area contributed by atoms with Crippen LogP contribution in [0.2, 0.25) is 5.15 Å². The summed E-state index contributed by atoms with van der Waals surface area (Å²) < 4.78 is 0. The number of aryl methyl sites for hydroxylation is 2. The van der Waals surface area contributed by atoms with E-state index >= 15 is 0 Å².